The Balaban J connectivity index is 1.70. The van der Waals surface area contributed by atoms with E-state index in [4.69, 9.17) is 30.6 Å². The quantitative estimate of drug-likeness (QED) is 0.593. The summed E-state index contributed by atoms with van der Waals surface area (Å²) in [4.78, 5) is 19.0. The lowest BCUT2D eigenvalue weighted by molar-refractivity contribution is -0.267. The van der Waals surface area contributed by atoms with Crippen LogP contribution in [0.5, 0.6) is 0 Å². The molecule has 2 heterocycles. The molecule has 1 aromatic carbocycles. The Morgan fingerprint density at radius 3 is 2.50 bits per heavy atom. The fraction of sp³-hybridized carbons (Fsp3) is 0.550. The molecule has 1 amide bonds. The molecule has 1 aliphatic carbocycles. The minimum Gasteiger partial charge on any atom is -0.509 e. The molecule has 3 aliphatic rings. The van der Waals surface area contributed by atoms with Gasteiger partial charge in [-0.15, -0.1) is 0 Å². The fourth-order valence-corrected chi connectivity index (χ4v) is 4.49. The first kappa shape index (κ1) is 19.7. The van der Waals surface area contributed by atoms with Gasteiger partial charge in [0.05, 0.1) is 18.8 Å². The standard InChI is InChI=1S/C20H24ClNO6/c1-2-25-13-28-22-18(24)16(14-5-3-4-6-15(14)21)17(23)19(22)7-9-20(10-8-19)26-11-12-27-20/h3-6,23H,2,7-13H2,1H3. The van der Waals surface area contributed by atoms with E-state index in [1.807, 2.05) is 6.92 Å². The second-order valence-corrected chi connectivity index (χ2v) is 7.59. The van der Waals surface area contributed by atoms with E-state index >= 15 is 0 Å². The molecule has 8 heteroatoms. The predicted molar refractivity (Wildman–Crippen MR) is 101 cm³/mol. The lowest BCUT2D eigenvalue weighted by Crippen LogP contribution is -2.54. The van der Waals surface area contributed by atoms with Crippen LogP contribution in [0.15, 0.2) is 30.0 Å². The van der Waals surface area contributed by atoms with Crippen LogP contribution < -0.4 is 0 Å². The van der Waals surface area contributed by atoms with Crippen molar-refractivity contribution in [3.63, 3.8) is 0 Å². The van der Waals surface area contributed by atoms with Gasteiger partial charge < -0.3 is 19.3 Å². The molecule has 4 rings (SSSR count). The first-order valence-corrected chi connectivity index (χ1v) is 9.92. The highest BCUT2D eigenvalue weighted by Crippen LogP contribution is 2.51. The number of hydroxylamine groups is 2. The number of aliphatic hydroxyl groups is 1. The highest BCUT2D eigenvalue weighted by atomic mass is 35.5. The Hall–Kier alpha value is -1.64. The second-order valence-electron chi connectivity index (χ2n) is 7.18. The third-order valence-corrected chi connectivity index (χ3v) is 6.06. The van der Waals surface area contributed by atoms with Crippen molar-refractivity contribution in [2.24, 2.45) is 0 Å². The minimum absolute atomic E-state index is 0.0186. The summed E-state index contributed by atoms with van der Waals surface area (Å²) in [6, 6.07) is 6.97. The highest BCUT2D eigenvalue weighted by molar-refractivity contribution is 6.35. The molecule has 1 aromatic rings. The van der Waals surface area contributed by atoms with Gasteiger partial charge in [0.2, 0.25) is 0 Å². The topological polar surface area (TPSA) is 77.5 Å². The molecule has 1 saturated carbocycles. The van der Waals surface area contributed by atoms with E-state index in [-0.39, 0.29) is 18.1 Å². The SMILES string of the molecule is CCOCON1C(=O)C(c2ccccc2Cl)=C(O)C12CCC1(CC2)OCCO1. The van der Waals surface area contributed by atoms with Gasteiger partial charge >= 0.3 is 0 Å². The van der Waals surface area contributed by atoms with Crippen molar-refractivity contribution in [1.29, 1.82) is 0 Å². The van der Waals surface area contributed by atoms with Crippen LogP contribution in [0.4, 0.5) is 0 Å². The van der Waals surface area contributed by atoms with Crippen LogP contribution in [0, 0.1) is 0 Å². The zero-order chi connectivity index (χ0) is 19.8. The van der Waals surface area contributed by atoms with Gasteiger partial charge in [0.15, 0.2) is 12.6 Å². The highest BCUT2D eigenvalue weighted by Gasteiger charge is 2.58. The molecule has 7 nitrogen and oxygen atoms in total. The Morgan fingerprint density at radius 1 is 1.18 bits per heavy atom. The minimum atomic E-state index is -0.983. The molecule has 2 fully saturated rings. The summed E-state index contributed by atoms with van der Waals surface area (Å²) in [5.41, 5.74) is -0.322. The average molecular weight is 410 g/mol. The summed E-state index contributed by atoms with van der Waals surface area (Å²) in [7, 11) is 0. The van der Waals surface area contributed by atoms with Crippen LogP contribution in [0.1, 0.15) is 38.2 Å². The Bertz CT molecular complexity index is 779. The van der Waals surface area contributed by atoms with Gasteiger partial charge in [0.1, 0.15) is 11.3 Å². The third kappa shape index (κ3) is 3.11. The number of hydrogen-bond donors (Lipinski definition) is 1. The molecule has 0 aromatic heterocycles. The van der Waals surface area contributed by atoms with Crippen LogP contribution in [0.2, 0.25) is 5.02 Å². The largest absolute Gasteiger partial charge is 0.509 e. The molecule has 28 heavy (non-hydrogen) atoms. The maximum atomic E-state index is 13.3. The lowest BCUT2D eigenvalue weighted by Gasteiger charge is -2.44. The van der Waals surface area contributed by atoms with E-state index in [1.54, 1.807) is 24.3 Å². The number of halogens is 1. The van der Waals surface area contributed by atoms with Gasteiger partial charge in [0, 0.05) is 30.0 Å². The van der Waals surface area contributed by atoms with Crippen LogP contribution in [0.3, 0.4) is 0 Å². The van der Waals surface area contributed by atoms with E-state index in [0.29, 0.717) is 56.1 Å². The number of aliphatic hydroxyl groups excluding tert-OH is 1. The lowest BCUT2D eigenvalue weighted by atomic mass is 9.77. The van der Waals surface area contributed by atoms with E-state index < -0.39 is 17.2 Å². The molecule has 1 N–H and O–H groups in total. The molecule has 0 radical (unpaired) electrons. The molecular formula is C20H24ClNO6. The normalized spacial score (nSPS) is 23.4. The van der Waals surface area contributed by atoms with E-state index in [1.165, 1.54) is 5.06 Å². The van der Waals surface area contributed by atoms with Crippen LogP contribution in [-0.2, 0) is 23.8 Å². The Labute approximate surface area is 168 Å². The summed E-state index contributed by atoms with van der Waals surface area (Å²) < 4.78 is 16.9. The van der Waals surface area contributed by atoms with Gasteiger partial charge in [-0.05, 0) is 25.8 Å². The van der Waals surface area contributed by atoms with Crippen molar-refractivity contribution in [2.75, 3.05) is 26.6 Å². The van der Waals surface area contributed by atoms with Gasteiger partial charge in [-0.2, -0.15) is 0 Å². The number of ether oxygens (including phenoxy) is 3. The second kappa shape index (κ2) is 7.65. The van der Waals surface area contributed by atoms with E-state index in [9.17, 15) is 9.90 Å². The van der Waals surface area contributed by atoms with Crippen LogP contribution in [-0.4, -0.2) is 54.0 Å². The maximum Gasteiger partial charge on any atom is 0.282 e. The predicted octanol–water partition coefficient (Wildman–Crippen LogP) is 3.43. The average Bonchev–Trinajstić information content (AvgIpc) is 3.23. The van der Waals surface area contributed by atoms with E-state index in [0.717, 1.165) is 0 Å². The monoisotopic (exact) mass is 409 g/mol. The Kier molecular flexibility index (Phi) is 5.37. The van der Waals surface area contributed by atoms with Crippen molar-refractivity contribution in [1.82, 2.24) is 5.06 Å². The number of rotatable bonds is 5. The molecule has 2 aliphatic heterocycles. The van der Waals surface area contributed by atoms with Crippen molar-refractivity contribution in [2.45, 2.75) is 43.9 Å². The summed E-state index contributed by atoms with van der Waals surface area (Å²) in [5.74, 6) is -1.07. The smallest absolute Gasteiger partial charge is 0.282 e. The molecule has 0 bridgehead atoms. The van der Waals surface area contributed by atoms with Crippen LogP contribution >= 0.6 is 11.6 Å². The summed E-state index contributed by atoms with van der Waals surface area (Å²) in [6.45, 7) is 3.34. The third-order valence-electron chi connectivity index (χ3n) is 5.73. The van der Waals surface area contributed by atoms with E-state index in [2.05, 4.69) is 0 Å². The van der Waals surface area contributed by atoms with Crippen molar-refractivity contribution in [3.05, 3.63) is 40.6 Å². The molecule has 152 valence electrons. The molecule has 0 atom stereocenters. The summed E-state index contributed by atoms with van der Waals surface area (Å²) in [6.07, 6.45) is 2.00. The van der Waals surface area contributed by atoms with Crippen molar-refractivity contribution >= 4 is 23.1 Å². The molecule has 0 unspecified atom stereocenters. The van der Waals surface area contributed by atoms with Crippen molar-refractivity contribution < 1.29 is 28.9 Å². The zero-order valence-corrected chi connectivity index (χ0v) is 16.5. The number of carbonyl (C=O) groups excluding carboxylic acids is 1. The number of benzene rings is 1. The van der Waals surface area contributed by atoms with Gasteiger partial charge in [-0.1, -0.05) is 29.8 Å². The summed E-state index contributed by atoms with van der Waals surface area (Å²) >= 11 is 6.31. The molecular weight excluding hydrogens is 386 g/mol. The number of hydrogen-bond acceptors (Lipinski definition) is 6. The van der Waals surface area contributed by atoms with Gasteiger partial charge in [0.25, 0.3) is 5.91 Å². The zero-order valence-electron chi connectivity index (χ0n) is 15.8. The van der Waals surface area contributed by atoms with Gasteiger partial charge in [-0.25, -0.2) is 9.90 Å². The Morgan fingerprint density at radius 2 is 1.86 bits per heavy atom. The fourth-order valence-electron chi connectivity index (χ4n) is 4.26. The first-order valence-electron chi connectivity index (χ1n) is 9.55. The number of carbonyl (C=O) groups is 1. The first-order chi connectivity index (χ1) is 13.5. The number of amides is 1. The van der Waals surface area contributed by atoms with Crippen LogP contribution in [0.25, 0.3) is 5.57 Å². The summed E-state index contributed by atoms with van der Waals surface area (Å²) in [5, 5.41) is 12.9. The van der Waals surface area contributed by atoms with Gasteiger partial charge in [-0.3, -0.25) is 4.79 Å². The number of nitrogens with zero attached hydrogens (tertiary/aromatic N) is 1. The molecule has 2 spiro atoms. The molecule has 1 saturated heterocycles. The maximum absolute atomic E-state index is 13.3. The van der Waals surface area contributed by atoms with Crippen molar-refractivity contribution in [3.8, 4) is 0 Å².